The highest BCUT2D eigenvalue weighted by atomic mass is 32.1. The predicted octanol–water partition coefficient (Wildman–Crippen LogP) is 5.10. The molecule has 0 aliphatic rings. The fourth-order valence-electron chi connectivity index (χ4n) is 3.95. The maximum atomic E-state index is 12.5. The van der Waals surface area contributed by atoms with Crippen LogP contribution in [0.25, 0.3) is 15.7 Å². The molecular formula is C25H21N3OS. The molecular weight excluding hydrogens is 390 g/mol. The molecule has 3 aromatic carbocycles. The molecule has 0 bridgehead atoms. The lowest BCUT2D eigenvalue weighted by molar-refractivity contribution is 0.599. The highest BCUT2D eigenvalue weighted by Gasteiger charge is 2.17. The SMILES string of the molecule is Cc1csc2nc(CNC(c3ccccc3)c3cccc4ccccc34)cc(=O)n12. The first-order valence-electron chi connectivity index (χ1n) is 9.93. The molecule has 1 N–H and O–H groups in total. The molecule has 0 spiro atoms. The van der Waals surface area contributed by atoms with E-state index in [1.807, 2.05) is 18.4 Å². The Kier molecular flexibility index (Phi) is 4.91. The van der Waals surface area contributed by atoms with E-state index in [2.05, 4.69) is 72.0 Å². The monoisotopic (exact) mass is 411 g/mol. The van der Waals surface area contributed by atoms with Crippen molar-refractivity contribution in [3.05, 3.63) is 117 Å². The van der Waals surface area contributed by atoms with Crippen molar-refractivity contribution in [3.8, 4) is 0 Å². The molecule has 0 fully saturated rings. The molecule has 2 heterocycles. The Morgan fingerprint density at radius 3 is 2.63 bits per heavy atom. The summed E-state index contributed by atoms with van der Waals surface area (Å²) >= 11 is 1.50. The third kappa shape index (κ3) is 3.43. The van der Waals surface area contributed by atoms with Crippen molar-refractivity contribution in [1.29, 1.82) is 0 Å². The first-order valence-corrected chi connectivity index (χ1v) is 10.8. The zero-order chi connectivity index (χ0) is 20.5. The molecule has 1 unspecified atom stereocenters. The van der Waals surface area contributed by atoms with E-state index < -0.39 is 0 Å². The molecule has 5 heteroatoms. The summed E-state index contributed by atoms with van der Waals surface area (Å²) in [6, 6.07) is 26.9. The Hall–Kier alpha value is -3.28. The van der Waals surface area contributed by atoms with Gasteiger partial charge in [-0.15, -0.1) is 11.3 Å². The van der Waals surface area contributed by atoms with Gasteiger partial charge in [0.25, 0.3) is 5.56 Å². The minimum atomic E-state index is -0.0306. The van der Waals surface area contributed by atoms with Crippen molar-refractivity contribution in [2.45, 2.75) is 19.5 Å². The number of hydrogen-bond donors (Lipinski definition) is 1. The number of fused-ring (bicyclic) bond motifs is 2. The highest BCUT2D eigenvalue weighted by Crippen LogP contribution is 2.29. The normalized spacial score (nSPS) is 12.4. The molecule has 0 saturated heterocycles. The second-order valence-corrected chi connectivity index (χ2v) is 8.21. The van der Waals surface area contributed by atoms with E-state index in [0.29, 0.717) is 6.54 Å². The summed E-state index contributed by atoms with van der Waals surface area (Å²) in [6.07, 6.45) is 0. The first kappa shape index (κ1) is 18.7. The fourth-order valence-corrected chi connectivity index (χ4v) is 4.84. The zero-order valence-corrected chi connectivity index (χ0v) is 17.4. The smallest absolute Gasteiger partial charge is 0.259 e. The van der Waals surface area contributed by atoms with Crippen LogP contribution in [0.15, 0.2) is 89.0 Å². The molecule has 5 aromatic rings. The Morgan fingerprint density at radius 2 is 1.77 bits per heavy atom. The number of rotatable bonds is 5. The third-order valence-electron chi connectivity index (χ3n) is 5.38. The molecule has 0 amide bonds. The van der Waals surface area contributed by atoms with Crippen LogP contribution in [-0.4, -0.2) is 9.38 Å². The quantitative estimate of drug-likeness (QED) is 0.438. The molecule has 0 aliphatic heterocycles. The average molecular weight is 412 g/mol. The van der Waals surface area contributed by atoms with Crippen molar-refractivity contribution in [3.63, 3.8) is 0 Å². The van der Waals surface area contributed by atoms with E-state index in [-0.39, 0.29) is 11.6 Å². The summed E-state index contributed by atoms with van der Waals surface area (Å²) in [5.74, 6) is 0. The van der Waals surface area contributed by atoms with Gasteiger partial charge in [0, 0.05) is 23.7 Å². The highest BCUT2D eigenvalue weighted by molar-refractivity contribution is 7.15. The molecule has 0 saturated carbocycles. The van der Waals surface area contributed by atoms with E-state index in [4.69, 9.17) is 4.98 Å². The van der Waals surface area contributed by atoms with Gasteiger partial charge in [-0.05, 0) is 28.8 Å². The van der Waals surface area contributed by atoms with E-state index in [0.717, 1.165) is 16.3 Å². The second-order valence-electron chi connectivity index (χ2n) is 7.37. The summed E-state index contributed by atoms with van der Waals surface area (Å²) < 4.78 is 1.66. The van der Waals surface area contributed by atoms with E-state index in [1.54, 1.807) is 10.5 Å². The Balaban J connectivity index is 1.54. The number of thiazole rings is 1. The summed E-state index contributed by atoms with van der Waals surface area (Å²) in [5.41, 5.74) is 4.03. The Morgan fingerprint density at radius 1 is 1.00 bits per heavy atom. The number of hydrogen-bond acceptors (Lipinski definition) is 4. The largest absolute Gasteiger partial charge is 0.301 e. The predicted molar refractivity (Wildman–Crippen MR) is 123 cm³/mol. The van der Waals surface area contributed by atoms with Gasteiger partial charge in [0.2, 0.25) is 0 Å². The van der Waals surface area contributed by atoms with Crippen molar-refractivity contribution in [2.24, 2.45) is 0 Å². The molecule has 30 heavy (non-hydrogen) atoms. The van der Waals surface area contributed by atoms with Gasteiger partial charge in [-0.3, -0.25) is 9.20 Å². The van der Waals surface area contributed by atoms with Crippen molar-refractivity contribution in [1.82, 2.24) is 14.7 Å². The third-order valence-corrected chi connectivity index (χ3v) is 6.33. The number of aryl methyl sites for hydroxylation is 1. The maximum absolute atomic E-state index is 12.5. The van der Waals surface area contributed by atoms with Crippen LogP contribution in [0, 0.1) is 6.92 Å². The van der Waals surface area contributed by atoms with Gasteiger partial charge in [0.15, 0.2) is 4.96 Å². The van der Waals surface area contributed by atoms with Crippen LogP contribution >= 0.6 is 11.3 Å². The summed E-state index contributed by atoms with van der Waals surface area (Å²) in [4.78, 5) is 18.0. The van der Waals surface area contributed by atoms with E-state index in [1.165, 1.54) is 33.2 Å². The zero-order valence-electron chi connectivity index (χ0n) is 16.6. The van der Waals surface area contributed by atoms with Gasteiger partial charge < -0.3 is 5.32 Å². The molecule has 5 rings (SSSR count). The van der Waals surface area contributed by atoms with Crippen LogP contribution in [0.4, 0.5) is 0 Å². The van der Waals surface area contributed by atoms with Gasteiger partial charge in [-0.1, -0.05) is 72.8 Å². The molecule has 4 nitrogen and oxygen atoms in total. The van der Waals surface area contributed by atoms with Crippen LogP contribution in [-0.2, 0) is 6.54 Å². The molecule has 148 valence electrons. The standard InChI is InChI=1S/C25H21N3OS/c1-17-16-30-25-27-20(14-23(29)28(17)25)15-26-24(19-9-3-2-4-10-19)22-13-7-11-18-8-5-6-12-21(18)22/h2-14,16,24,26H,15H2,1H3. The number of benzene rings is 3. The molecule has 0 aliphatic carbocycles. The van der Waals surface area contributed by atoms with Crippen LogP contribution in [0.5, 0.6) is 0 Å². The van der Waals surface area contributed by atoms with Gasteiger partial charge in [-0.25, -0.2) is 4.98 Å². The van der Waals surface area contributed by atoms with Crippen molar-refractivity contribution < 1.29 is 0 Å². The fraction of sp³-hybridized carbons (Fsp3) is 0.120. The summed E-state index contributed by atoms with van der Waals surface area (Å²) in [7, 11) is 0. The maximum Gasteiger partial charge on any atom is 0.259 e. The average Bonchev–Trinajstić information content (AvgIpc) is 3.16. The lowest BCUT2D eigenvalue weighted by Gasteiger charge is -2.21. The minimum absolute atomic E-state index is 0.0115. The van der Waals surface area contributed by atoms with Crippen LogP contribution in [0.2, 0.25) is 0 Å². The Labute approximate surface area is 178 Å². The number of nitrogens with one attached hydrogen (secondary N) is 1. The topological polar surface area (TPSA) is 46.4 Å². The lowest BCUT2D eigenvalue weighted by atomic mass is 9.93. The number of nitrogens with zero attached hydrogens (tertiary/aromatic N) is 2. The van der Waals surface area contributed by atoms with Crippen molar-refractivity contribution in [2.75, 3.05) is 0 Å². The first-order chi connectivity index (χ1) is 14.7. The van der Waals surface area contributed by atoms with Gasteiger partial charge in [0.05, 0.1) is 11.7 Å². The minimum Gasteiger partial charge on any atom is -0.301 e. The van der Waals surface area contributed by atoms with Gasteiger partial charge in [-0.2, -0.15) is 0 Å². The molecule has 1 atom stereocenters. The van der Waals surface area contributed by atoms with Gasteiger partial charge in [0.1, 0.15) is 0 Å². The molecule has 0 radical (unpaired) electrons. The second kappa shape index (κ2) is 7.86. The van der Waals surface area contributed by atoms with Crippen molar-refractivity contribution >= 4 is 27.1 Å². The summed E-state index contributed by atoms with van der Waals surface area (Å²) in [5, 5.41) is 8.05. The van der Waals surface area contributed by atoms with Crippen LogP contribution in [0.3, 0.4) is 0 Å². The summed E-state index contributed by atoms with van der Waals surface area (Å²) in [6.45, 7) is 2.43. The number of aromatic nitrogens is 2. The lowest BCUT2D eigenvalue weighted by Crippen LogP contribution is -2.24. The molecule has 2 aromatic heterocycles. The Bertz CT molecular complexity index is 1380. The van der Waals surface area contributed by atoms with E-state index >= 15 is 0 Å². The van der Waals surface area contributed by atoms with E-state index in [9.17, 15) is 4.79 Å². The van der Waals surface area contributed by atoms with Crippen LogP contribution < -0.4 is 10.9 Å². The van der Waals surface area contributed by atoms with Gasteiger partial charge >= 0.3 is 0 Å². The van der Waals surface area contributed by atoms with Crippen LogP contribution in [0.1, 0.15) is 28.6 Å².